The van der Waals surface area contributed by atoms with Crippen LogP contribution in [0.1, 0.15) is 26.7 Å². The van der Waals surface area contributed by atoms with Gasteiger partial charge in [0.2, 0.25) is 0 Å². The molecule has 1 aliphatic carbocycles. The second-order valence-electron chi connectivity index (χ2n) is 5.45. The van der Waals surface area contributed by atoms with E-state index in [4.69, 9.17) is 4.74 Å². The van der Waals surface area contributed by atoms with Crippen molar-refractivity contribution in [2.75, 3.05) is 12.9 Å². The number of hydrogen-bond donors (Lipinski definition) is 0. The molecule has 1 fully saturated rings. The lowest BCUT2D eigenvalue weighted by atomic mass is 9.83. The average Bonchev–Trinajstić information content (AvgIpc) is 2.65. The summed E-state index contributed by atoms with van der Waals surface area (Å²) in [6.45, 7) is 4.78. The Morgan fingerprint density at radius 3 is 2.65 bits per heavy atom. The zero-order valence-corrected chi connectivity index (χ0v) is 11.8. The smallest absolute Gasteiger partial charge is 0.0579 e. The van der Waals surface area contributed by atoms with E-state index in [1.54, 1.807) is 0 Å². The minimum absolute atomic E-state index is 0.418. The number of thioether (sulfide) groups is 1. The molecule has 0 amide bonds. The summed E-state index contributed by atoms with van der Waals surface area (Å²) in [4.78, 5) is 1.38. The van der Waals surface area contributed by atoms with Gasteiger partial charge in [-0.2, -0.15) is 0 Å². The fourth-order valence-corrected chi connectivity index (χ4v) is 3.88. The number of hydrogen-bond acceptors (Lipinski definition) is 2. The zero-order valence-electron chi connectivity index (χ0n) is 11.0. The number of ether oxygens (including phenoxy) is 1. The first-order valence-electron chi connectivity index (χ1n) is 6.35. The number of methoxy groups -OCH3 is 1. The van der Waals surface area contributed by atoms with Gasteiger partial charge >= 0.3 is 0 Å². The van der Waals surface area contributed by atoms with Crippen molar-refractivity contribution in [3.8, 4) is 0 Å². The Hall–Kier alpha value is -0.470. The molecule has 1 saturated carbocycles. The van der Waals surface area contributed by atoms with Gasteiger partial charge in [0.1, 0.15) is 0 Å². The monoisotopic (exact) mass is 250 g/mol. The topological polar surface area (TPSA) is 9.23 Å². The van der Waals surface area contributed by atoms with Crippen LogP contribution in [0.5, 0.6) is 0 Å². The molecule has 2 rings (SSSR count). The molecular formula is C15H22OS. The Kier molecular flexibility index (Phi) is 4.16. The molecule has 94 valence electrons. The van der Waals surface area contributed by atoms with Crippen molar-refractivity contribution < 1.29 is 4.74 Å². The van der Waals surface area contributed by atoms with E-state index in [-0.39, 0.29) is 0 Å². The van der Waals surface area contributed by atoms with Crippen molar-refractivity contribution in [2.45, 2.75) is 37.7 Å². The van der Waals surface area contributed by atoms with Gasteiger partial charge in [-0.1, -0.05) is 32.0 Å². The third-order valence-electron chi connectivity index (χ3n) is 4.15. The molecule has 2 heteroatoms. The molecule has 1 aromatic carbocycles. The fraction of sp³-hybridized carbons (Fsp3) is 0.600. The molecule has 0 spiro atoms. The molecule has 3 unspecified atom stereocenters. The maximum absolute atomic E-state index is 5.52. The minimum atomic E-state index is 0.418. The Labute approximate surface area is 109 Å². The fourth-order valence-electron chi connectivity index (χ4n) is 2.63. The van der Waals surface area contributed by atoms with Crippen LogP contribution in [0.15, 0.2) is 35.2 Å². The highest BCUT2D eigenvalue weighted by molar-refractivity contribution is 7.99. The molecule has 1 aliphatic rings. The second-order valence-corrected chi connectivity index (χ2v) is 6.50. The Balaban J connectivity index is 1.94. The van der Waals surface area contributed by atoms with E-state index < -0.39 is 0 Å². The van der Waals surface area contributed by atoms with Crippen molar-refractivity contribution in [1.29, 1.82) is 0 Å². The molecule has 0 heterocycles. The van der Waals surface area contributed by atoms with Crippen LogP contribution in [0.2, 0.25) is 0 Å². The quantitative estimate of drug-likeness (QED) is 0.740. The lowest BCUT2D eigenvalue weighted by Crippen LogP contribution is -2.23. The van der Waals surface area contributed by atoms with Crippen LogP contribution in [0.4, 0.5) is 0 Å². The largest absolute Gasteiger partial charge is 0.381 e. The van der Waals surface area contributed by atoms with Crippen LogP contribution in [0, 0.1) is 11.3 Å². The number of rotatable bonds is 4. The third kappa shape index (κ3) is 3.05. The van der Waals surface area contributed by atoms with Crippen LogP contribution in [-0.2, 0) is 4.74 Å². The van der Waals surface area contributed by atoms with E-state index in [0.29, 0.717) is 11.5 Å². The van der Waals surface area contributed by atoms with Gasteiger partial charge in [-0.05, 0) is 36.3 Å². The van der Waals surface area contributed by atoms with Crippen molar-refractivity contribution in [3.63, 3.8) is 0 Å². The highest BCUT2D eigenvalue weighted by atomic mass is 32.2. The first-order valence-corrected chi connectivity index (χ1v) is 7.33. The van der Waals surface area contributed by atoms with Crippen molar-refractivity contribution in [2.24, 2.45) is 11.3 Å². The summed E-state index contributed by atoms with van der Waals surface area (Å²) in [5, 5.41) is 0. The van der Waals surface area contributed by atoms with Gasteiger partial charge in [-0.15, -0.1) is 11.8 Å². The second kappa shape index (κ2) is 5.45. The molecule has 0 bridgehead atoms. The third-order valence-corrected chi connectivity index (χ3v) is 5.55. The molecule has 1 aromatic rings. The van der Waals surface area contributed by atoms with Crippen LogP contribution in [0.25, 0.3) is 0 Å². The zero-order chi connectivity index (χ0) is 12.3. The summed E-state index contributed by atoms with van der Waals surface area (Å²) < 4.78 is 5.52. The SMILES string of the molecule is COC1CC(C)C(C)(CSc2ccccc2)C1. The Morgan fingerprint density at radius 2 is 2.06 bits per heavy atom. The van der Waals surface area contributed by atoms with Crippen molar-refractivity contribution in [1.82, 2.24) is 0 Å². The first kappa shape index (κ1) is 13.0. The summed E-state index contributed by atoms with van der Waals surface area (Å²) >= 11 is 1.98. The van der Waals surface area contributed by atoms with Gasteiger partial charge in [0, 0.05) is 17.8 Å². The van der Waals surface area contributed by atoms with Crippen LogP contribution < -0.4 is 0 Å². The molecule has 0 saturated heterocycles. The van der Waals surface area contributed by atoms with Gasteiger partial charge in [-0.3, -0.25) is 0 Å². The standard InChI is InChI=1S/C15H22OS/c1-12-9-13(16-3)10-15(12,2)11-17-14-7-5-4-6-8-14/h4-8,12-13H,9-11H2,1-3H3. The normalized spacial score (nSPS) is 32.9. The molecule has 0 aromatic heterocycles. The van der Waals surface area contributed by atoms with E-state index in [0.717, 1.165) is 5.92 Å². The summed E-state index contributed by atoms with van der Waals surface area (Å²) in [5.41, 5.74) is 0.418. The van der Waals surface area contributed by atoms with Gasteiger partial charge in [-0.25, -0.2) is 0 Å². The lowest BCUT2D eigenvalue weighted by Gasteiger charge is -2.28. The Bertz CT molecular complexity index is 351. The van der Waals surface area contributed by atoms with Gasteiger partial charge in [0.15, 0.2) is 0 Å². The minimum Gasteiger partial charge on any atom is -0.381 e. The van der Waals surface area contributed by atoms with E-state index in [9.17, 15) is 0 Å². The summed E-state index contributed by atoms with van der Waals surface area (Å²) in [5.74, 6) is 1.95. The molecule has 0 radical (unpaired) electrons. The summed E-state index contributed by atoms with van der Waals surface area (Å²) in [6.07, 6.45) is 2.87. The average molecular weight is 250 g/mol. The van der Waals surface area contributed by atoms with Crippen molar-refractivity contribution >= 4 is 11.8 Å². The molecule has 3 atom stereocenters. The highest BCUT2D eigenvalue weighted by Gasteiger charge is 2.41. The van der Waals surface area contributed by atoms with E-state index in [1.807, 2.05) is 18.9 Å². The molecule has 0 aliphatic heterocycles. The van der Waals surface area contributed by atoms with Crippen LogP contribution in [0.3, 0.4) is 0 Å². The maximum Gasteiger partial charge on any atom is 0.0579 e. The van der Waals surface area contributed by atoms with E-state index in [2.05, 4.69) is 44.2 Å². The van der Waals surface area contributed by atoms with Crippen LogP contribution >= 0.6 is 11.8 Å². The first-order chi connectivity index (χ1) is 8.14. The number of benzene rings is 1. The van der Waals surface area contributed by atoms with Gasteiger partial charge in [0.05, 0.1) is 6.10 Å². The Morgan fingerprint density at radius 1 is 1.35 bits per heavy atom. The highest BCUT2D eigenvalue weighted by Crippen LogP contribution is 2.46. The molecule has 1 nitrogen and oxygen atoms in total. The molecule has 17 heavy (non-hydrogen) atoms. The van der Waals surface area contributed by atoms with Gasteiger partial charge < -0.3 is 4.74 Å². The molecular weight excluding hydrogens is 228 g/mol. The van der Waals surface area contributed by atoms with Crippen LogP contribution in [-0.4, -0.2) is 19.0 Å². The predicted molar refractivity (Wildman–Crippen MR) is 74.5 cm³/mol. The predicted octanol–water partition coefficient (Wildman–Crippen LogP) is 4.23. The maximum atomic E-state index is 5.52. The lowest BCUT2D eigenvalue weighted by molar-refractivity contribution is 0.0997. The van der Waals surface area contributed by atoms with Gasteiger partial charge in [0.25, 0.3) is 0 Å². The van der Waals surface area contributed by atoms with E-state index in [1.165, 1.54) is 23.5 Å². The molecule has 0 N–H and O–H groups in total. The van der Waals surface area contributed by atoms with Crippen molar-refractivity contribution in [3.05, 3.63) is 30.3 Å². The summed E-state index contributed by atoms with van der Waals surface area (Å²) in [7, 11) is 1.84. The van der Waals surface area contributed by atoms with E-state index >= 15 is 0 Å². The summed E-state index contributed by atoms with van der Waals surface area (Å²) in [6, 6.07) is 10.7.